The molecule has 1 aromatic carbocycles. The summed E-state index contributed by atoms with van der Waals surface area (Å²) in [5.74, 6) is -2.21. The number of aliphatic carboxylic acids is 2. The molecule has 2 saturated heterocycles. The van der Waals surface area contributed by atoms with E-state index >= 15 is 0 Å². The van der Waals surface area contributed by atoms with Gasteiger partial charge in [0.25, 0.3) is 12.2 Å². The number of hydrogen-bond acceptors (Lipinski definition) is 18. The molecule has 0 aliphatic carbocycles. The van der Waals surface area contributed by atoms with Gasteiger partial charge >= 0.3 is 18.0 Å². The van der Waals surface area contributed by atoms with Crippen molar-refractivity contribution < 1.29 is 73.7 Å². The second-order valence-corrected chi connectivity index (χ2v) is 12.1. The summed E-state index contributed by atoms with van der Waals surface area (Å²) in [6, 6.07) is 3.53. The number of alkyl carbamates (subject to hydrolysis) is 1. The fourth-order valence-corrected chi connectivity index (χ4v) is 5.48. The molecule has 292 valence electrons. The number of carboxylic acid groups (broad SMARTS) is 2. The van der Waals surface area contributed by atoms with Crippen LogP contribution in [0.1, 0.15) is 5.56 Å². The quantitative estimate of drug-likeness (QED) is 0.0491. The zero-order chi connectivity index (χ0) is 38.2. The average Bonchev–Trinajstić information content (AvgIpc) is 3.10. The van der Waals surface area contributed by atoms with E-state index in [4.69, 9.17) is 18.9 Å². The first kappa shape index (κ1) is 42.2. The highest BCUT2D eigenvalue weighted by molar-refractivity contribution is 5.69. The van der Waals surface area contributed by atoms with Crippen molar-refractivity contribution in [1.29, 1.82) is 0 Å². The first-order chi connectivity index (χ1) is 24.8. The van der Waals surface area contributed by atoms with E-state index in [0.717, 1.165) is 6.07 Å². The molecule has 22 heteroatoms. The monoisotopic (exact) mass is 746 g/mol. The molecule has 2 heterocycles. The van der Waals surface area contributed by atoms with Crippen LogP contribution in [0.25, 0.3) is 0 Å². The molecule has 0 aromatic heterocycles. The van der Waals surface area contributed by atoms with E-state index in [1.54, 1.807) is 9.80 Å². The summed E-state index contributed by atoms with van der Waals surface area (Å²) >= 11 is 0. The second-order valence-electron chi connectivity index (χ2n) is 12.1. The highest BCUT2D eigenvalue weighted by atomic mass is 16.7. The Morgan fingerprint density at radius 2 is 1.48 bits per heavy atom. The number of amides is 1. The van der Waals surface area contributed by atoms with Crippen LogP contribution in [0.4, 0.5) is 10.5 Å². The lowest BCUT2D eigenvalue weighted by molar-refractivity contribution is -0.386. The Morgan fingerprint density at radius 1 is 0.904 bits per heavy atom. The summed E-state index contributed by atoms with van der Waals surface area (Å²) in [7, 11) is 0. The zero-order valence-electron chi connectivity index (χ0n) is 28.3. The van der Waals surface area contributed by atoms with Gasteiger partial charge < -0.3 is 54.9 Å². The second kappa shape index (κ2) is 21.3. The Hall–Kier alpha value is -4.26. The van der Waals surface area contributed by atoms with Gasteiger partial charge in [0.2, 0.25) is 6.29 Å². The number of nitrogens with zero attached hydrogens (tertiary/aromatic N) is 5. The van der Waals surface area contributed by atoms with Gasteiger partial charge in [-0.15, -0.1) is 0 Å². The molecule has 52 heavy (non-hydrogen) atoms. The van der Waals surface area contributed by atoms with Crippen LogP contribution in [-0.2, 0) is 35.2 Å². The first-order valence-corrected chi connectivity index (χ1v) is 16.3. The van der Waals surface area contributed by atoms with Gasteiger partial charge in [0.1, 0.15) is 43.5 Å². The van der Waals surface area contributed by atoms with Gasteiger partial charge in [0, 0.05) is 65.4 Å². The summed E-state index contributed by atoms with van der Waals surface area (Å²) in [6.45, 7) is 1.78. The van der Waals surface area contributed by atoms with E-state index in [-0.39, 0.29) is 44.2 Å². The van der Waals surface area contributed by atoms with Crippen LogP contribution in [0.15, 0.2) is 18.2 Å². The molecule has 0 spiro atoms. The molecular formula is C30H46N6O16. The predicted octanol–water partition coefficient (Wildman–Crippen LogP) is -3.48. The lowest BCUT2D eigenvalue weighted by Gasteiger charge is -2.39. The third kappa shape index (κ3) is 13.7. The fourth-order valence-electron chi connectivity index (χ4n) is 5.48. The minimum Gasteiger partial charge on any atom is -0.480 e. The number of nitro benzene ring substituents is 1. The maximum atomic E-state index is 12.5. The maximum Gasteiger partial charge on any atom is 0.407 e. The van der Waals surface area contributed by atoms with Crippen LogP contribution < -0.4 is 10.1 Å². The molecule has 0 bridgehead atoms. The van der Waals surface area contributed by atoms with E-state index < -0.39 is 72.6 Å². The van der Waals surface area contributed by atoms with Crippen molar-refractivity contribution in [2.75, 3.05) is 91.9 Å². The molecule has 7 N–H and O–H groups in total. The highest BCUT2D eigenvalue weighted by Gasteiger charge is 2.44. The molecule has 5 unspecified atom stereocenters. The van der Waals surface area contributed by atoms with Crippen LogP contribution in [0.2, 0.25) is 0 Å². The number of carbonyl (C=O) groups is 4. The van der Waals surface area contributed by atoms with Crippen LogP contribution in [-0.4, -0.2) is 202 Å². The molecule has 1 aromatic rings. The molecule has 0 saturated carbocycles. The van der Waals surface area contributed by atoms with Gasteiger partial charge in [-0.25, -0.2) is 4.79 Å². The van der Waals surface area contributed by atoms with Gasteiger partial charge in [0.15, 0.2) is 0 Å². The molecular weight excluding hydrogens is 700 g/mol. The van der Waals surface area contributed by atoms with E-state index in [0.29, 0.717) is 58.8 Å². The SMILES string of the molecule is O=COCN1CCN(CCNC(=O)OCc2ccc(OC3OC(CO)C(O)C(O)C3O)cc2[N+](=O)[O-])CCN(CC(=O)O)CCN(CC(=O)O)CC1. The third-order valence-electron chi connectivity index (χ3n) is 8.38. The number of hydrogen-bond donors (Lipinski definition) is 7. The Labute approximate surface area is 297 Å². The van der Waals surface area contributed by atoms with Crippen LogP contribution in [0.3, 0.4) is 0 Å². The van der Waals surface area contributed by atoms with Gasteiger partial charge in [-0.1, -0.05) is 0 Å². The van der Waals surface area contributed by atoms with E-state index in [1.807, 2.05) is 9.80 Å². The normalized spacial score (nSPS) is 24.5. The third-order valence-corrected chi connectivity index (χ3v) is 8.38. The summed E-state index contributed by atoms with van der Waals surface area (Å²) in [5.41, 5.74) is -0.489. The minimum atomic E-state index is -1.74. The van der Waals surface area contributed by atoms with Crippen LogP contribution >= 0.6 is 0 Å². The van der Waals surface area contributed by atoms with Crippen molar-refractivity contribution in [3.05, 3.63) is 33.9 Å². The van der Waals surface area contributed by atoms with Gasteiger partial charge in [-0.3, -0.25) is 44.1 Å². The number of aliphatic hydroxyl groups is 4. The molecule has 2 aliphatic rings. The lowest BCUT2D eigenvalue weighted by atomic mass is 9.99. The highest BCUT2D eigenvalue weighted by Crippen LogP contribution is 2.29. The number of rotatable bonds is 16. The Balaban J connectivity index is 1.58. The van der Waals surface area contributed by atoms with Crippen molar-refractivity contribution in [2.45, 2.75) is 37.3 Å². The molecule has 0 radical (unpaired) electrons. The van der Waals surface area contributed by atoms with Crippen molar-refractivity contribution in [2.24, 2.45) is 0 Å². The van der Waals surface area contributed by atoms with Crippen LogP contribution in [0, 0.1) is 10.1 Å². The molecule has 2 aliphatic heterocycles. The topological polar surface area (TPSA) is 295 Å². The summed E-state index contributed by atoms with van der Waals surface area (Å²) in [4.78, 5) is 64.4. The fraction of sp³-hybridized carbons (Fsp3) is 0.667. The van der Waals surface area contributed by atoms with Gasteiger partial charge in [-0.2, -0.15) is 0 Å². The van der Waals surface area contributed by atoms with Crippen molar-refractivity contribution >= 4 is 30.2 Å². The van der Waals surface area contributed by atoms with E-state index in [9.17, 15) is 59.9 Å². The Bertz CT molecular complexity index is 1340. The smallest absolute Gasteiger partial charge is 0.407 e. The molecule has 3 rings (SSSR count). The van der Waals surface area contributed by atoms with E-state index in [2.05, 4.69) is 5.32 Å². The Morgan fingerprint density at radius 3 is 2.02 bits per heavy atom. The maximum absolute atomic E-state index is 12.5. The first-order valence-electron chi connectivity index (χ1n) is 16.3. The lowest BCUT2D eigenvalue weighted by Crippen LogP contribution is -2.60. The number of ether oxygens (including phenoxy) is 4. The Kier molecular flexibility index (Phi) is 17.3. The van der Waals surface area contributed by atoms with E-state index in [1.165, 1.54) is 12.1 Å². The van der Waals surface area contributed by atoms with Crippen molar-refractivity contribution in [1.82, 2.24) is 24.9 Å². The summed E-state index contributed by atoms with van der Waals surface area (Å²) < 4.78 is 20.8. The molecule has 5 atom stereocenters. The standard InChI is InChI=1S/C30H46N6O16/c37-16-23-26(43)27(44)28(45)29(52-23)51-21-2-1-20(22(13-21)36(47)48)17-50-30(46)31-3-4-32-5-7-33(14-24(39)40)8-9-34(15-25(41)42)10-12-35(11-6-32)18-49-19-38/h1-2,13,19,23,26-29,37,43-45H,3-12,14-18H2,(H,31,46)(H,39,40)(H,41,42). The number of carboxylic acids is 2. The summed E-state index contributed by atoms with van der Waals surface area (Å²) in [5, 5.41) is 72.5. The van der Waals surface area contributed by atoms with Crippen molar-refractivity contribution in [3.8, 4) is 5.75 Å². The number of carbonyl (C=O) groups excluding carboxylic acids is 2. The summed E-state index contributed by atoms with van der Waals surface area (Å²) in [6.07, 6.45) is -8.77. The largest absolute Gasteiger partial charge is 0.480 e. The number of benzene rings is 1. The predicted molar refractivity (Wildman–Crippen MR) is 174 cm³/mol. The number of nitrogens with one attached hydrogen (secondary N) is 1. The minimum absolute atomic E-state index is 0.00226. The van der Waals surface area contributed by atoms with Gasteiger partial charge in [0.05, 0.1) is 36.2 Å². The molecule has 2 fully saturated rings. The van der Waals surface area contributed by atoms with Crippen LogP contribution in [0.5, 0.6) is 5.75 Å². The zero-order valence-corrected chi connectivity index (χ0v) is 28.3. The number of nitro groups is 1. The number of aliphatic hydroxyl groups excluding tert-OH is 4. The van der Waals surface area contributed by atoms with Gasteiger partial charge in [-0.05, 0) is 12.1 Å². The molecule has 22 nitrogen and oxygen atoms in total. The average molecular weight is 747 g/mol. The van der Waals surface area contributed by atoms with Crippen molar-refractivity contribution in [3.63, 3.8) is 0 Å². The molecule has 1 amide bonds.